The highest BCUT2D eigenvalue weighted by atomic mass is 79.9. The van der Waals surface area contributed by atoms with Gasteiger partial charge in [0.15, 0.2) is 0 Å². The lowest BCUT2D eigenvalue weighted by Crippen LogP contribution is -2.30. The number of methoxy groups -OCH3 is 1. The van der Waals surface area contributed by atoms with E-state index >= 15 is 0 Å². The Morgan fingerprint density at radius 2 is 1.96 bits per heavy atom. The third kappa shape index (κ3) is 3.59. The number of non-ortho nitro benzene ring substituents is 1. The molecule has 0 amide bonds. The van der Waals surface area contributed by atoms with Crippen LogP contribution in [0.2, 0.25) is 0 Å². The highest BCUT2D eigenvalue weighted by Gasteiger charge is 2.38. The van der Waals surface area contributed by atoms with Crippen LogP contribution in [0, 0.1) is 10.1 Å². The molecule has 0 saturated carbocycles. The zero-order valence-electron chi connectivity index (χ0n) is 13.7. The van der Waals surface area contributed by atoms with Gasteiger partial charge in [0, 0.05) is 34.5 Å². The molecule has 0 aromatic heterocycles. The smallest absolute Gasteiger partial charge is 0.269 e. The summed E-state index contributed by atoms with van der Waals surface area (Å²) in [4.78, 5) is 10.3. The van der Waals surface area contributed by atoms with E-state index in [-0.39, 0.29) is 10.6 Å². The second-order valence-electron chi connectivity index (χ2n) is 5.48. The van der Waals surface area contributed by atoms with E-state index in [1.807, 2.05) is 12.1 Å². The fourth-order valence-electron chi connectivity index (χ4n) is 2.72. The van der Waals surface area contributed by atoms with Gasteiger partial charge in [-0.15, -0.1) is 11.8 Å². The largest absolute Gasteiger partial charge is 0.496 e. The average molecular weight is 459 g/mol. The van der Waals surface area contributed by atoms with Crippen LogP contribution >= 0.6 is 27.7 Å². The molecule has 3 rings (SSSR count). The second-order valence-corrected chi connectivity index (χ2v) is 9.47. The van der Waals surface area contributed by atoms with Gasteiger partial charge in [0.1, 0.15) is 5.75 Å². The van der Waals surface area contributed by atoms with Gasteiger partial charge in [-0.05, 0) is 30.3 Å². The van der Waals surface area contributed by atoms with Crippen molar-refractivity contribution >= 4 is 43.4 Å². The zero-order chi connectivity index (χ0) is 18.9. The molecule has 1 fully saturated rings. The van der Waals surface area contributed by atoms with Crippen molar-refractivity contribution in [1.29, 1.82) is 0 Å². The number of benzene rings is 2. The molecule has 2 aromatic rings. The third-order valence-electron chi connectivity index (χ3n) is 3.96. The molecule has 2 aromatic carbocycles. The van der Waals surface area contributed by atoms with E-state index in [1.165, 1.54) is 40.3 Å². The van der Waals surface area contributed by atoms with Crippen LogP contribution in [-0.4, -0.2) is 37.1 Å². The van der Waals surface area contributed by atoms with Crippen LogP contribution in [0.4, 0.5) is 5.69 Å². The Hall–Kier alpha value is -1.62. The van der Waals surface area contributed by atoms with Gasteiger partial charge in [-0.2, -0.15) is 4.31 Å². The summed E-state index contributed by atoms with van der Waals surface area (Å²) >= 11 is 4.92. The summed E-state index contributed by atoms with van der Waals surface area (Å²) in [6.07, 6.45) is 0. The number of nitro groups is 1. The van der Waals surface area contributed by atoms with Crippen LogP contribution in [0.3, 0.4) is 0 Å². The molecule has 0 radical (unpaired) electrons. The first kappa shape index (κ1) is 19.2. The monoisotopic (exact) mass is 458 g/mol. The molecular formula is C16H15BrN2O5S2. The molecule has 10 heteroatoms. The summed E-state index contributed by atoms with van der Waals surface area (Å²) < 4.78 is 33.8. The molecule has 1 aliphatic rings. The highest BCUT2D eigenvalue weighted by Crippen LogP contribution is 2.45. The zero-order valence-corrected chi connectivity index (χ0v) is 16.9. The first-order valence-electron chi connectivity index (χ1n) is 7.56. The fourth-order valence-corrected chi connectivity index (χ4v) is 6.34. The minimum absolute atomic E-state index is 0.0320. The summed E-state index contributed by atoms with van der Waals surface area (Å²) in [5.41, 5.74) is 0.611. The number of nitro benzene ring substituents is 1. The fraction of sp³-hybridized carbons (Fsp3) is 0.250. The molecule has 1 atom stereocenters. The van der Waals surface area contributed by atoms with Crippen LogP contribution < -0.4 is 4.74 Å². The number of nitrogens with zero attached hydrogens (tertiary/aromatic N) is 2. The predicted molar refractivity (Wildman–Crippen MR) is 103 cm³/mol. The molecule has 1 saturated heterocycles. The number of hydrogen-bond acceptors (Lipinski definition) is 6. The first-order valence-corrected chi connectivity index (χ1v) is 10.8. The third-order valence-corrected chi connectivity index (χ3v) is 7.71. The Bertz CT molecular complexity index is 934. The van der Waals surface area contributed by atoms with Crippen molar-refractivity contribution < 1.29 is 18.1 Å². The Kier molecular flexibility index (Phi) is 5.56. The predicted octanol–water partition coefficient (Wildman–Crippen LogP) is 3.80. The van der Waals surface area contributed by atoms with Crippen molar-refractivity contribution in [1.82, 2.24) is 4.31 Å². The van der Waals surface area contributed by atoms with Crippen molar-refractivity contribution in [3.8, 4) is 5.75 Å². The van der Waals surface area contributed by atoms with Gasteiger partial charge in [0.05, 0.1) is 22.3 Å². The van der Waals surface area contributed by atoms with Gasteiger partial charge in [0.25, 0.3) is 5.69 Å². The molecule has 0 aliphatic carbocycles. The van der Waals surface area contributed by atoms with E-state index in [1.54, 1.807) is 13.2 Å². The number of rotatable bonds is 5. The first-order chi connectivity index (χ1) is 12.3. The summed E-state index contributed by atoms with van der Waals surface area (Å²) in [6.45, 7) is 0.352. The Balaban J connectivity index is 1.99. The topological polar surface area (TPSA) is 89.8 Å². The maximum atomic E-state index is 13.1. The minimum atomic E-state index is -3.80. The quantitative estimate of drug-likeness (QED) is 0.499. The van der Waals surface area contributed by atoms with Crippen LogP contribution in [0.15, 0.2) is 51.8 Å². The van der Waals surface area contributed by atoms with E-state index in [4.69, 9.17) is 4.74 Å². The molecule has 0 unspecified atom stereocenters. The summed E-state index contributed by atoms with van der Waals surface area (Å²) in [5, 5.41) is 10.4. The van der Waals surface area contributed by atoms with E-state index < -0.39 is 20.3 Å². The molecule has 138 valence electrons. The average Bonchev–Trinajstić information content (AvgIpc) is 3.12. The molecule has 0 bridgehead atoms. The molecule has 0 spiro atoms. The Morgan fingerprint density at radius 1 is 1.27 bits per heavy atom. The van der Waals surface area contributed by atoms with E-state index in [9.17, 15) is 18.5 Å². The minimum Gasteiger partial charge on any atom is -0.496 e. The van der Waals surface area contributed by atoms with Crippen molar-refractivity contribution in [2.75, 3.05) is 19.4 Å². The highest BCUT2D eigenvalue weighted by molar-refractivity contribution is 9.10. The van der Waals surface area contributed by atoms with E-state index in [0.29, 0.717) is 18.0 Å². The normalized spacial score (nSPS) is 18.0. The van der Waals surface area contributed by atoms with Crippen molar-refractivity contribution in [2.45, 2.75) is 10.3 Å². The van der Waals surface area contributed by atoms with Crippen LogP contribution in [0.25, 0.3) is 0 Å². The van der Waals surface area contributed by atoms with Gasteiger partial charge in [-0.25, -0.2) is 8.42 Å². The molecule has 1 aliphatic heterocycles. The van der Waals surface area contributed by atoms with Crippen LogP contribution in [-0.2, 0) is 10.0 Å². The van der Waals surface area contributed by atoms with Gasteiger partial charge >= 0.3 is 0 Å². The lowest BCUT2D eigenvalue weighted by molar-refractivity contribution is -0.384. The Labute approximate surface area is 163 Å². The maximum Gasteiger partial charge on any atom is 0.269 e. The summed E-state index contributed by atoms with van der Waals surface area (Å²) in [7, 11) is -2.25. The molecule has 7 nitrogen and oxygen atoms in total. The van der Waals surface area contributed by atoms with Gasteiger partial charge in [0.2, 0.25) is 10.0 Å². The van der Waals surface area contributed by atoms with Crippen molar-refractivity contribution in [3.05, 3.63) is 62.6 Å². The van der Waals surface area contributed by atoms with Gasteiger partial charge in [-0.3, -0.25) is 10.1 Å². The molecular weight excluding hydrogens is 444 g/mol. The number of ether oxygens (including phenoxy) is 1. The number of sulfonamides is 1. The lowest BCUT2D eigenvalue weighted by atomic mass is 10.2. The molecule has 1 heterocycles. The van der Waals surface area contributed by atoms with Crippen molar-refractivity contribution in [3.63, 3.8) is 0 Å². The molecule has 26 heavy (non-hydrogen) atoms. The number of halogens is 1. The number of thioether (sulfide) groups is 1. The second kappa shape index (κ2) is 7.55. The van der Waals surface area contributed by atoms with Gasteiger partial charge < -0.3 is 4.74 Å². The molecule has 0 N–H and O–H groups in total. The van der Waals surface area contributed by atoms with E-state index in [2.05, 4.69) is 15.9 Å². The van der Waals surface area contributed by atoms with E-state index in [0.717, 1.165) is 10.0 Å². The standard InChI is InChI=1S/C16H15BrN2O5S2/c1-24-15-7-2-11(17)10-14(15)16-18(8-9-25-16)26(22,23)13-5-3-12(4-6-13)19(20)21/h2-7,10,16H,8-9H2,1H3/t16-/m1/s1. The summed E-state index contributed by atoms with van der Waals surface area (Å²) in [5.74, 6) is 1.25. The summed E-state index contributed by atoms with van der Waals surface area (Å²) in [6, 6.07) is 10.4. The van der Waals surface area contributed by atoms with Crippen molar-refractivity contribution in [2.24, 2.45) is 0 Å². The lowest BCUT2D eigenvalue weighted by Gasteiger charge is -2.25. The Morgan fingerprint density at radius 3 is 2.58 bits per heavy atom. The maximum absolute atomic E-state index is 13.1. The van der Waals surface area contributed by atoms with Crippen LogP contribution in [0.5, 0.6) is 5.75 Å². The van der Waals surface area contributed by atoms with Gasteiger partial charge in [-0.1, -0.05) is 15.9 Å². The number of hydrogen-bond donors (Lipinski definition) is 0. The SMILES string of the molecule is COc1ccc(Br)cc1[C@H]1SCCN1S(=O)(=O)c1ccc([N+](=O)[O-])cc1. The van der Waals surface area contributed by atoms with Crippen LogP contribution in [0.1, 0.15) is 10.9 Å².